The molecule has 2 rings (SSSR count). The van der Waals surface area contributed by atoms with Crippen LogP contribution in [0.2, 0.25) is 10.4 Å². The van der Waals surface area contributed by atoms with Gasteiger partial charge < -0.3 is 9.47 Å². The van der Waals surface area contributed by atoms with Crippen molar-refractivity contribution < 1.29 is 14.3 Å². The van der Waals surface area contributed by atoms with E-state index in [2.05, 4.69) is 19.8 Å². The van der Waals surface area contributed by atoms with Crippen LogP contribution in [-0.4, -0.2) is 46.0 Å². The van der Waals surface area contributed by atoms with E-state index in [1.165, 1.54) is 11.8 Å². The van der Waals surface area contributed by atoms with Crippen molar-refractivity contribution in [2.24, 2.45) is 0 Å². The molecule has 1 atom stereocenters. The Balaban J connectivity index is 2.66. The molecule has 0 fully saturated rings. The standard InChI is InChI=1S/C11H12Cl2N4O3/c1-5(19-2)4-17-8-6(7(16-17)10(18)20-3)14-11(13)15-9(8)12/h5H,4H2,1-3H3/t5-/m0/s1. The fourth-order valence-corrected chi connectivity index (χ4v) is 2.18. The molecule has 7 nitrogen and oxygen atoms in total. The Hall–Kier alpha value is -1.44. The minimum atomic E-state index is -0.621. The molecule has 0 aliphatic rings. The summed E-state index contributed by atoms with van der Waals surface area (Å²) in [6, 6.07) is 0. The minimum absolute atomic E-state index is 0.0389. The first-order valence-corrected chi connectivity index (χ1v) is 6.44. The molecule has 108 valence electrons. The number of ether oxygens (including phenoxy) is 2. The summed E-state index contributed by atoms with van der Waals surface area (Å²) in [5.41, 5.74) is 0.711. The maximum absolute atomic E-state index is 11.7. The first kappa shape index (κ1) is 15.0. The number of methoxy groups -OCH3 is 2. The number of esters is 1. The maximum Gasteiger partial charge on any atom is 0.360 e. The van der Waals surface area contributed by atoms with Crippen LogP contribution in [-0.2, 0) is 16.0 Å². The van der Waals surface area contributed by atoms with Gasteiger partial charge in [0.2, 0.25) is 5.28 Å². The predicted molar refractivity (Wildman–Crippen MR) is 73.2 cm³/mol. The Morgan fingerprint density at radius 2 is 2.05 bits per heavy atom. The van der Waals surface area contributed by atoms with Crippen LogP contribution in [0.5, 0.6) is 0 Å². The molecule has 0 radical (unpaired) electrons. The van der Waals surface area contributed by atoms with E-state index in [0.29, 0.717) is 12.1 Å². The van der Waals surface area contributed by atoms with Gasteiger partial charge in [0.15, 0.2) is 10.8 Å². The summed E-state index contributed by atoms with van der Waals surface area (Å²) in [7, 11) is 2.84. The van der Waals surface area contributed by atoms with Crippen molar-refractivity contribution in [1.29, 1.82) is 0 Å². The lowest BCUT2D eigenvalue weighted by atomic mass is 10.3. The molecule has 0 saturated carbocycles. The average Bonchev–Trinajstić information content (AvgIpc) is 2.76. The molecule has 0 aliphatic carbocycles. The minimum Gasteiger partial charge on any atom is -0.464 e. The maximum atomic E-state index is 11.7. The topological polar surface area (TPSA) is 79.1 Å². The number of hydrogen-bond donors (Lipinski definition) is 0. The molecule has 0 amide bonds. The molecule has 0 unspecified atom stereocenters. The van der Waals surface area contributed by atoms with Gasteiger partial charge >= 0.3 is 5.97 Å². The zero-order valence-electron chi connectivity index (χ0n) is 11.1. The number of aromatic nitrogens is 4. The van der Waals surface area contributed by atoms with E-state index >= 15 is 0 Å². The molecule has 9 heteroatoms. The van der Waals surface area contributed by atoms with Gasteiger partial charge in [-0.1, -0.05) is 11.6 Å². The van der Waals surface area contributed by atoms with Gasteiger partial charge in [0.05, 0.1) is 19.8 Å². The van der Waals surface area contributed by atoms with Crippen molar-refractivity contribution in [3.63, 3.8) is 0 Å². The zero-order chi connectivity index (χ0) is 14.9. The number of nitrogens with zero attached hydrogens (tertiary/aromatic N) is 4. The zero-order valence-corrected chi connectivity index (χ0v) is 12.6. The molecule has 2 aromatic rings. The van der Waals surface area contributed by atoms with Crippen molar-refractivity contribution >= 4 is 40.2 Å². The second kappa shape index (κ2) is 5.90. The van der Waals surface area contributed by atoms with E-state index in [4.69, 9.17) is 27.9 Å². The third-order valence-corrected chi connectivity index (χ3v) is 3.16. The molecule has 20 heavy (non-hydrogen) atoms. The van der Waals surface area contributed by atoms with Crippen LogP contribution in [0.3, 0.4) is 0 Å². The largest absolute Gasteiger partial charge is 0.464 e. The number of halogens is 2. The first-order valence-electron chi connectivity index (χ1n) is 5.68. The number of rotatable bonds is 4. The highest BCUT2D eigenvalue weighted by molar-refractivity contribution is 6.35. The van der Waals surface area contributed by atoms with Crippen LogP contribution in [0.25, 0.3) is 11.0 Å². The van der Waals surface area contributed by atoms with E-state index in [-0.39, 0.29) is 27.8 Å². The Labute approximate surface area is 124 Å². The first-order chi connectivity index (χ1) is 9.47. The van der Waals surface area contributed by atoms with Gasteiger partial charge in [0, 0.05) is 7.11 Å². The second-order valence-corrected chi connectivity index (χ2v) is 4.75. The smallest absolute Gasteiger partial charge is 0.360 e. The fourth-order valence-electron chi connectivity index (χ4n) is 1.70. The summed E-state index contributed by atoms with van der Waals surface area (Å²) in [5.74, 6) is -0.621. The molecule has 2 heterocycles. The van der Waals surface area contributed by atoms with Crippen molar-refractivity contribution in [2.45, 2.75) is 19.6 Å². The third kappa shape index (κ3) is 2.70. The van der Waals surface area contributed by atoms with Crippen LogP contribution >= 0.6 is 23.2 Å². The number of fused-ring (bicyclic) bond motifs is 1. The lowest BCUT2D eigenvalue weighted by molar-refractivity contribution is 0.0592. The van der Waals surface area contributed by atoms with Gasteiger partial charge in [-0.3, -0.25) is 4.68 Å². The van der Waals surface area contributed by atoms with Crippen LogP contribution in [0.15, 0.2) is 0 Å². The molecule has 0 aromatic carbocycles. The van der Waals surface area contributed by atoms with Gasteiger partial charge in [-0.05, 0) is 18.5 Å². The third-order valence-electron chi connectivity index (χ3n) is 2.73. The molecular formula is C11H12Cl2N4O3. The molecule has 0 spiro atoms. The van der Waals surface area contributed by atoms with E-state index in [9.17, 15) is 4.79 Å². The number of hydrogen-bond acceptors (Lipinski definition) is 6. The summed E-state index contributed by atoms with van der Waals surface area (Å²) >= 11 is 11.8. The van der Waals surface area contributed by atoms with E-state index < -0.39 is 5.97 Å². The van der Waals surface area contributed by atoms with Crippen LogP contribution in [0, 0.1) is 0 Å². The highest BCUT2D eigenvalue weighted by atomic mass is 35.5. The van der Waals surface area contributed by atoms with Gasteiger partial charge in [0.25, 0.3) is 0 Å². The highest BCUT2D eigenvalue weighted by Gasteiger charge is 2.23. The molecule has 2 aromatic heterocycles. The van der Waals surface area contributed by atoms with E-state index in [0.717, 1.165) is 0 Å². The summed E-state index contributed by atoms with van der Waals surface area (Å²) in [4.78, 5) is 19.6. The van der Waals surface area contributed by atoms with E-state index in [1.54, 1.807) is 7.11 Å². The Morgan fingerprint density at radius 3 is 2.65 bits per heavy atom. The Morgan fingerprint density at radius 1 is 1.35 bits per heavy atom. The van der Waals surface area contributed by atoms with Crippen LogP contribution in [0.4, 0.5) is 0 Å². The summed E-state index contributed by atoms with van der Waals surface area (Å²) in [6.45, 7) is 2.24. The number of carbonyl (C=O) groups excluding carboxylic acids is 1. The Kier molecular flexibility index (Phi) is 4.42. The molecule has 0 bridgehead atoms. The molecule has 0 aliphatic heterocycles. The highest BCUT2D eigenvalue weighted by Crippen LogP contribution is 2.25. The van der Waals surface area contributed by atoms with Crippen molar-refractivity contribution in [2.75, 3.05) is 14.2 Å². The van der Waals surface area contributed by atoms with Gasteiger partial charge in [-0.25, -0.2) is 14.8 Å². The molecular weight excluding hydrogens is 307 g/mol. The van der Waals surface area contributed by atoms with Crippen molar-refractivity contribution in [1.82, 2.24) is 19.7 Å². The monoisotopic (exact) mass is 318 g/mol. The SMILES string of the molecule is COC(=O)c1nn(C[C@H](C)OC)c2c(Cl)nc(Cl)nc12. The summed E-state index contributed by atoms with van der Waals surface area (Å²) in [5, 5.41) is 4.22. The van der Waals surface area contributed by atoms with Crippen LogP contribution < -0.4 is 0 Å². The second-order valence-electron chi connectivity index (χ2n) is 4.05. The number of carbonyl (C=O) groups is 1. The Bertz CT molecular complexity index is 659. The van der Waals surface area contributed by atoms with Crippen molar-refractivity contribution in [3.8, 4) is 0 Å². The van der Waals surface area contributed by atoms with Gasteiger partial charge in [-0.2, -0.15) is 5.10 Å². The summed E-state index contributed by atoms with van der Waals surface area (Å²) in [6.07, 6.45) is -0.129. The normalized spacial score (nSPS) is 12.7. The lowest BCUT2D eigenvalue weighted by Crippen LogP contribution is -2.16. The lowest BCUT2D eigenvalue weighted by Gasteiger charge is -2.10. The van der Waals surface area contributed by atoms with E-state index in [1.807, 2.05) is 6.92 Å². The molecule has 0 saturated heterocycles. The quantitative estimate of drug-likeness (QED) is 0.487. The average molecular weight is 319 g/mol. The van der Waals surface area contributed by atoms with Crippen molar-refractivity contribution in [3.05, 3.63) is 16.1 Å². The van der Waals surface area contributed by atoms with Crippen LogP contribution in [0.1, 0.15) is 17.4 Å². The molecule has 0 N–H and O–H groups in total. The van der Waals surface area contributed by atoms with Gasteiger partial charge in [0.1, 0.15) is 11.0 Å². The predicted octanol–water partition coefficient (Wildman–Crippen LogP) is 1.95. The summed E-state index contributed by atoms with van der Waals surface area (Å²) < 4.78 is 11.4. The van der Waals surface area contributed by atoms with Gasteiger partial charge in [-0.15, -0.1) is 0 Å². The fraction of sp³-hybridized carbons (Fsp3) is 0.455.